The fourth-order valence-corrected chi connectivity index (χ4v) is 3.81. The molecule has 0 radical (unpaired) electrons. The van der Waals surface area contributed by atoms with Crippen LogP contribution < -0.4 is 9.47 Å². The number of aryl methyl sites for hydroxylation is 1. The van der Waals surface area contributed by atoms with Gasteiger partial charge in [-0.2, -0.15) is 0 Å². The summed E-state index contributed by atoms with van der Waals surface area (Å²) < 4.78 is 37.2. The molecule has 0 aliphatic carbocycles. The lowest BCUT2D eigenvalue weighted by Crippen LogP contribution is -2.16. The van der Waals surface area contributed by atoms with Crippen LogP contribution in [0.25, 0.3) is 0 Å². The van der Waals surface area contributed by atoms with E-state index in [2.05, 4.69) is 4.98 Å². The highest BCUT2D eigenvalue weighted by Gasteiger charge is 2.26. The van der Waals surface area contributed by atoms with Crippen molar-refractivity contribution in [3.63, 3.8) is 0 Å². The maximum atomic E-state index is 12.9. The minimum atomic E-state index is -3.85. The van der Waals surface area contributed by atoms with Crippen LogP contribution in [0, 0.1) is 0 Å². The van der Waals surface area contributed by atoms with Crippen LogP contribution in [0.3, 0.4) is 0 Å². The number of aromatic nitrogens is 2. The Balaban J connectivity index is 2.65. The number of hydrogen-bond acceptors (Lipinski definition) is 5. The van der Waals surface area contributed by atoms with E-state index < -0.39 is 10.0 Å². The summed E-state index contributed by atoms with van der Waals surface area (Å²) in [6.45, 7) is 1.96. The number of rotatable bonds is 6. The second kappa shape index (κ2) is 6.58. The van der Waals surface area contributed by atoms with E-state index >= 15 is 0 Å². The maximum absolute atomic E-state index is 12.9. The van der Waals surface area contributed by atoms with Crippen LogP contribution in [-0.4, -0.2) is 31.6 Å². The minimum absolute atomic E-state index is 0.0217. The van der Waals surface area contributed by atoms with Gasteiger partial charge in [0.2, 0.25) is 0 Å². The Morgan fingerprint density at radius 1 is 1.23 bits per heavy atom. The largest absolute Gasteiger partial charge is 0.495 e. The smallest absolute Gasteiger partial charge is 0.272 e. The molecule has 0 unspecified atom stereocenters. The third-order valence-corrected chi connectivity index (χ3v) is 5.15. The molecule has 0 saturated heterocycles. The monoisotopic (exact) mass is 344 g/mol. The van der Waals surface area contributed by atoms with E-state index in [1.165, 1.54) is 38.7 Å². The molecule has 0 spiro atoms. The zero-order valence-corrected chi connectivity index (χ0v) is 14.1. The van der Waals surface area contributed by atoms with Crippen molar-refractivity contribution in [1.82, 2.24) is 8.96 Å². The molecule has 1 aromatic carbocycles. The van der Waals surface area contributed by atoms with Gasteiger partial charge in [0.15, 0.2) is 0 Å². The van der Waals surface area contributed by atoms with Gasteiger partial charge in [0.25, 0.3) is 10.0 Å². The second-order valence-corrected chi connectivity index (χ2v) is 6.72. The number of imidazole rings is 1. The molecule has 2 rings (SSSR count). The van der Waals surface area contributed by atoms with Gasteiger partial charge >= 0.3 is 0 Å². The SMILES string of the molecule is CCCc1nccn1S(=O)(=O)c1cc(OC)c(Cl)cc1OC. The first-order valence-electron chi connectivity index (χ1n) is 6.65. The molecule has 1 heterocycles. The van der Waals surface area contributed by atoms with E-state index in [0.29, 0.717) is 12.2 Å². The average Bonchev–Trinajstić information content (AvgIpc) is 2.96. The minimum Gasteiger partial charge on any atom is -0.495 e. The van der Waals surface area contributed by atoms with Gasteiger partial charge in [-0.15, -0.1) is 0 Å². The van der Waals surface area contributed by atoms with Crippen LogP contribution in [0.4, 0.5) is 0 Å². The number of halogens is 1. The molecular formula is C14H17ClN2O4S. The number of ether oxygens (including phenoxy) is 2. The van der Waals surface area contributed by atoms with Crippen LogP contribution in [0.15, 0.2) is 29.4 Å². The highest BCUT2D eigenvalue weighted by molar-refractivity contribution is 7.90. The van der Waals surface area contributed by atoms with E-state index in [1.807, 2.05) is 6.92 Å². The molecule has 0 aliphatic heterocycles. The maximum Gasteiger partial charge on any atom is 0.272 e. The first-order chi connectivity index (χ1) is 10.5. The molecule has 0 amide bonds. The van der Waals surface area contributed by atoms with Crippen LogP contribution in [0.2, 0.25) is 5.02 Å². The van der Waals surface area contributed by atoms with Gasteiger partial charge in [0.1, 0.15) is 22.2 Å². The lowest BCUT2D eigenvalue weighted by Gasteiger charge is -2.14. The van der Waals surface area contributed by atoms with Crippen molar-refractivity contribution in [2.24, 2.45) is 0 Å². The highest BCUT2D eigenvalue weighted by atomic mass is 35.5. The summed E-state index contributed by atoms with van der Waals surface area (Å²) in [6, 6.07) is 2.77. The normalized spacial score (nSPS) is 11.5. The Kier molecular flexibility index (Phi) is 4.97. The molecular weight excluding hydrogens is 328 g/mol. The summed E-state index contributed by atoms with van der Waals surface area (Å²) in [5, 5.41) is 0.276. The van der Waals surface area contributed by atoms with Crippen LogP contribution in [0.1, 0.15) is 19.2 Å². The summed E-state index contributed by atoms with van der Waals surface area (Å²) in [6.07, 6.45) is 4.22. The highest BCUT2D eigenvalue weighted by Crippen LogP contribution is 2.36. The van der Waals surface area contributed by atoms with Crippen molar-refractivity contribution in [3.05, 3.63) is 35.4 Å². The fourth-order valence-electron chi connectivity index (χ4n) is 2.08. The summed E-state index contributed by atoms with van der Waals surface area (Å²) in [5.74, 6) is 0.888. The molecule has 1 aromatic heterocycles. The average molecular weight is 345 g/mol. The third-order valence-electron chi connectivity index (χ3n) is 3.13. The zero-order valence-electron chi connectivity index (χ0n) is 12.5. The zero-order chi connectivity index (χ0) is 16.3. The van der Waals surface area contributed by atoms with E-state index in [-0.39, 0.29) is 21.4 Å². The van der Waals surface area contributed by atoms with E-state index in [4.69, 9.17) is 21.1 Å². The predicted molar refractivity (Wildman–Crippen MR) is 83.4 cm³/mol. The van der Waals surface area contributed by atoms with Gasteiger partial charge in [-0.3, -0.25) is 0 Å². The molecule has 0 bridgehead atoms. The molecule has 8 heteroatoms. The Morgan fingerprint density at radius 3 is 2.50 bits per heavy atom. The van der Waals surface area contributed by atoms with Crippen molar-refractivity contribution in [2.75, 3.05) is 14.2 Å². The van der Waals surface area contributed by atoms with Crippen LogP contribution >= 0.6 is 11.6 Å². The molecule has 2 aromatic rings. The standard InChI is InChI=1S/C14H17ClN2O4S/c1-4-5-14-16-6-7-17(14)22(18,19)13-9-11(20-2)10(15)8-12(13)21-3/h6-9H,4-5H2,1-3H3. The van der Waals surface area contributed by atoms with E-state index in [9.17, 15) is 8.42 Å². The Hall–Kier alpha value is -1.73. The first kappa shape index (κ1) is 16.6. The molecule has 0 saturated carbocycles. The Labute approximate surface area is 134 Å². The summed E-state index contributed by atoms with van der Waals surface area (Å²) in [5.41, 5.74) is 0. The molecule has 0 fully saturated rings. The quantitative estimate of drug-likeness (QED) is 0.805. The first-order valence-corrected chi connectivity index (χ1v) is 8.46. The predicted octanol–water partition coefficient (Wildman–Crippen LogP) is 2.74. The van der Waals surface area contributed by atoms with Gasteiger partial charge in [-0.1, -0.05) is 18.5 Å². The van der Waals surface area contributed by atoms with Gasteiger partial charge < -0.3 is 9.47 Å². The van der Waals surface area contributed by atoms with Crippen molar-refractivity contribution in [3.8, 4) is 11.5 Å². The van der Waals surface area contributed by atoms with E-state index in [0.717, 1.165) is 10.4 Å². The molecule has 6 nitrogen and oxygen atoms in total. The van der Waals surface area contributed by atoms with E-state index in [1.54, 1.807) is 0 Å². The Bertz CT molecular complexity index is 771. The number of benzene rings is 1. The molecule has 0 atom stereocenters. The number of nitrogens with zero attached hydrogens (tertiary/aromatic N) is 2. The van der Waals surface area contributed by atoms with Gasteiger partial charge in [0, 0.05) is 30.9 Å². The van der Waals surface area contributed by atoms with Crippen LogP contribution in [-0.2, 0) is 16.4 Å². The molecule has 22 heavy (non-hydrogen) atoms. The lowest BCUT2D eigenvalue weighted by atomic mass is 10.3. The molecule has 0 N–H and O–H groups in total. The number of hydrogen-bond donors (Lipinski definition) is 0. The fraction of sp³-hybridized carbons (Fsp3) is 0.357. The van der Waals surface area contributed by atoms with Crippen molar-refractivity contribution < 1.29 is 17.9 Å². The summed E-state index contributed by atoms with van der Waals surface area (Å²) >= 11 is 6.02. The number of methoxy groups -OCH3 is 2. The van der Waals surface area contributed by atoms with Gasteiger partial charge in [0.05, 0.1) is 19.2 Å². The van der Waals surface area contributed by atoms with Crippen molar-refractivity contribution in [1.29, 1.82) is 0 Å². The molecule has 0 aliphatic rings. The van der Waals surface area contributed by atoms with Crippen molar-refractivity contribution in [2.45, 2.75) is 24.7 Å². The summed E-state index contributed by atoms with van der Waals surface area (Å²) in [7, 11) is -1.04. The molecule has 120 valence electrons. The van der Waals surface area contributed by atoms with Crippen LogP contribution in [0.5, 0.6) is 11.5 Å². The Morgan fingerprint density at radius 2 is 1.91 bits per heavy atom. The summed E-state index contributed by atoms with van der Waals surface area (Å²) in [4.78, 5) is 4.08. The third kappa shape index (κ3) is 2.91. The van der Waals surface area contributed by atoms with Gasteiger partial charge in [-0.25, -0.2) is 17.4 Å². The topological polar surface area (TPSA) is 70.4 Å². The lowest BCUT2D eigenvalue weighted by molar-refractivity contribution is 0.392. The van der Waals surface area contributed by atoms with Crippen molar-refractivity contribution >= 4 is 21.6 Å². The second-order valence-electron chi connectivity index (χ2n) is 4.53. The van der Waals surface area contributed by atoms with Gasteiger partial charge in [-0.05, 0) is 6.42 Å².